The summed E-state index contributed by atoms with van der Waals surface area (Å²) in [6.07, 6.45) is 7.49. The van der Waals surface area contributed by atoms with Crippen LogP contribution < -0.4 is 11.1 Å². The van der Waals surface area contributed by atoms with Gasteiger partial charge in [0, 0.05) is 11.4 Å². The van der Waals surface area contributed by atoms with Crippen LogP contribution in [0.4, 0.5) is 11.4 Å². The molecule has 4 rings (SSSR count). The summed E-state index contributed by atoms with van der Waals surface area (Å²) in [4.78, 5) is 4.42. The molecule has 4 atom stereocenters. The number of fused-ring (bicyclic) bond motifs is 3. The van der Waals surface area contributed by atoms with Crippen LogP contribution >= 0.6 is 0 Å². The van der Waals surface area contributed by atoms with E-state index in [1.54, 1.807) is 6.20 Å². The van der Waals surface area contributed by atoms with Crippen molar-refractivity contribution in [3.05, 3.63) is 30.5 Å². The first-order chi connectivity index (χ1) is 10.2. The Morgan fingerprint density at radius 2 is 2.10 bits per heavy atom. The van der Waals surface area contributed by atoms with Crippen LogP contribution in [-0.4, -0.2) is 11.0 Å². The number of hydrogen-bond acceptors (Lipinski definition) is 3. The molecule has 0 spiro atoms. The number of benzene rings is 1. The fourth-order valence-corrected chi connectivity index (χ4v) is 4.56. The van der Waals surface area contributed by atoms with Gasteiger partial charge in [0.05, 0.1) is 23.1 Å². The fourth-order valence-electron chi connectivity index (χ4n) is 4.56. The Labute approximate surface area is 125 Å². The molecule has 3 N–H and O–H groups in total. The summed E-state index contributed by atoms with van der Waals surface area (Å²) in [6.45, 7) is 2.32. The Bertz CT molecular complexity index is 667. The Morgan fingerprint density at radius 3 is 2.86 bits per heavy atom. The first kappa shape index (κ1) is 12.9. The molecule has 0 amide bonds. The maximum Gasteiger partial charge on any atom is 0.0743 e. The Hall–Kier alpha value is -1.77. The van der Waals surface area contributed by atoms with Crippen LogP contribution in [0.15, 0.2) is 30.5 Å². The van der Waals surface area contributed by atoms with Crippen LogP contribution in [0.5, 0.6) is 0 Å². The van der Waals surface area contributed by atoms with Crippen molar-refractivity contribution >= 4 is 22.3 Å². The Morgan fingerprint density at radius 1 is 1.24 bits per heavy atom. The van der Waals surface area contributed by atoms with Gasteiger partial charge in [0.15, 0.2) is 0 Å². The van der Waals surface area contributed by atoms with Crippen molar-refractivity contribution in [3.63, 3.8) is 0 Å². The average Bonchev–Trinajstić information content (AvgIpc) is 3.13. The van der Waals surface area contributed by atoms with E-state index in [9.17, 15) is 0 Å². The number of rotatable bonds is 3. The Balaban J connectivity index is 1.63. The van der Waals surface area contributed by atoms with Gasteiger partial charge >= 0.3 is 0 Å². The second-order valence-electron chi connectivity index (χ2n) is 6.88. The largest absolute Gasteiger partial charge is 0.396 e. The normalized spacial score (nSPS) is 28.9. The number of hydrogen-bond donors (Lipinski definition) is 2. The van der Waals surface area contributed by atoms with Crippen LogP contribution in [0.1, 0.15) is 32.6 Å². The topological polar surface area (TPSA) is 50.9 Å². The highest BCUT2D eigenvalue weighted by molar-refractivity contribution is 5.96. The van der Waals surface area contributed by atoms with Crippen molar-refractivity contribution in [2.75, 3.05) is 11.1 Å². The zero-order valence-corrected chi connectivity index (χ0v) is 12.5. The predicted octanol–water partition coefficient (Wildman–Crippen LogP) is 4.05. The molecule has 2 bridgehead atoms. The van der Waals surface area contributed by atoms with E-state index in [-0.39, 0.29) is 0 Å². The van der Waals surface area contributed by atoms with E-state index in [1.807, 2.05) is 12.1 Å². The summed E-state index contributed by atoms with van der Waals surface area (Å²) >= 11 is 0. The second-order valence-corrected chi connectivity index (χ2v) is 6.88. The highest BCUT2D eigenvalue weighted by atomic mass is 15.0. The van der Waals surface area contributed by atoms with Gasteiger partial charge in [0.2, 0.25) is 0 Å². The summed E-state index contributed by atoms with van der Waals surface area (Å²) in [5, 5.41) is 4.85. The first-order valence-corrected chi connectivity index (χ1v) is 8.12. The number of nitrogen functional groups attached to an aromatic ring is 1. The van der Waals surface area contributed by atoms with Crippen LogP contribution in [0.25, 0.3) is 10.9 Å². The summed E-state index contributed by atoms with van der Waals surface area (Å²) < 4.78 is 0. The molecular weight excluding hydrogens is 258 g/mol. The maximum absolute atomic E-state index is 6.18. The van der Waals surface area contributed by atoms with Gasteiger partial charge in [-0.2, -0.15) is 0 Å². The first-order valence-electron chi connectivity index (χ1n) is 8.12. The minimum absolute atomic E-state index is 0.480. The van der Waals surface area contributed by atoms with Crippen LogP contribution in [0.3, 0.4) is 0 Å². The highest BCUT2D eigenvalue weighted by Crippen LogP contribution is 2.50. The third kappa shape index (κ3) is 2.15. The molecule has 4 unspecified atom stereocenters. The van der Waals surface area contributed by atoms with Gasteiger partial charge in [-0.3, -0.25) is 4.98 Å². The standard InChI is InChI=1S/C18H23N3/c1-11(15-9-12-6-7-13(15)8-12)21-18-14-4-2-3-5-17(14)20-10-16(18)19/h2-5,10-13,15H,6-9,19H2,1H3,(H,20,21). The van der Waals surface area contributed by atoms with Crippen molar-refractivity contribution in [2.45, 2.75) is 38.6 Å². The molecule has 2 saturated carbocycles. The molecule has 2 aliphatic carbocycles. The molecule has 2 aliphatic rings. The van der Waals surface area contributed by atoms with Gasteiger partial charge in [-0.1, -0.05) is 24.6 Å². The molecule has 2 fully saturated rings. The van der Waals surface area contributed by atoms with E-state index in [0.29, 0.717) is 6.04 Å². The number of nitrogens with one attached hydrogen (secondary N) is 1. The molecule has 110 valence electrons. The third-order valence-corrected chi connectivity index (χ3v) is 5.61. The number of nitrogens with two attached hydrogens (primary N) is 1. The van der Waals surface area contributed by atoms with Gasteiger partial charge in [-0.05, 0) is 50.0 Å². The van der Waals surface area contributed by atoms with E-state index in [1.165, 1.54) is 25.7 Å². The molecule has 3 heteroatoms. The molecule has 3 nitrogen and oxygen atoms in total. The molecule has 0 saturated heterocycles. The van der Waals surface area contributed by atoms with Gasteiger partial charge in [0.25, 0.3) is 0 Å². The number of aromatic nitrogens is 1. The summed E-state index contributed by atoms with van der Waals surface area (Å²) in [5.74, 6) is 2.71. The lowest BCUT2D eigenvalue weighted by Gasteiger charge is -2.30. The Kier molecular flexibility index (Phi) is 3.02. The second kappa shape index (κ2) is 4.90. The van der Waals surface area contributed by atoms with Crippen molar-refractivity contribution < 1.29 is 0 Å². The zero-order chi connectivity index (χ0) is 14.4. The minimum atomic E-state index is 0.480. The highest BCUT2D eigenvalue weighted by Gasteiger charge is 2.41. The van der Waals surface area contributed by atoms with Crippen molar-refractivity contribution in [1.29, 1.82) is 0 Å². The fraction of sp³-hybridized carbons (Fsp3) is 0.500. The van der Waals surface area contributed by atoms with Crippen molar-refractivity contribution in [1.82, 2.24) is 4.98 Å². The third-order valence-electron chi connectivity index (χ3n) is 5.61. The van der Waals surface area contributed by atoms with Crippen LogP contribution in [0.2, 0.25) is 0 Å². The van der Waals surface area contributed by atoms with Gasteiger partial charge in [-0.25, -0.2) is 0 Å². The van der Waals surface area contributed by atoms with Crippen molar-refractivity contribution in [3.8, 4) is 0 Å². The lowest BCUT2D eigenvalue weighted by atomic mass is 9.84. The smallest absolute Gasteiger partial charge is 0.0743 e. The number of para-hydroxylation sites is 1. The summed E-state index contributed by atoms with van der Waals surface area (Å²) in [6, 6.07) is 8.70. The predicted molar refractivity (Wildman–Crippen MR) is 88.2 cm³/mol. The molecule has 0 radical (unpaired) electrons. The summed E-state index contributed by atoms with van der Waals surface area (Å²) in [5.41, 5.74) is 9.01. The van der Waals surface area contributed by atoms with E-state index in [4.69, 9.17) is 5.73 Å². The minimum Gasteiger partial charge on any atom is -0.396 e. The molecule has 1 aromatic carbocycles. The molecule has 21 heavy (non-hydrogen) atoms. The van der Waals surface area contributed by atoms with Crippen LogP contribution in [-0.2, 0) is 0 Å². The van der Waals surface area contributed by atoms with Crippen LogP contribution in [0, 0.1) is 17.8 Å². The van der Waals surface area contributed by atoms with Gasteiger partial charge in [0.1, 0.15) is 0 Å². The molecule has 1 aromatic heterocycles. The lowest BCUT2D eigenvalue weighted by Crippen LogP contribution is -2.30. The summed E-state index contributed by atoms with van der Waals surface area (Å²) in [7, 11) is 0. The molecule has 2 aromatic rings. The number of nitrogens with zero attached hydrogens (tertiary/aromatic N) is 1. The molecular formula is C18H23N3. The lowest BCUT2D eigenvalue weighted by molar-refractivity contribution is 0.304. The SMILES string of the molecule is CC(Nc1c(N)cnc2ccccc12)C1CC2CCC1C2. The maximum atomic E-state index is 6.18. The van der Waals surface area contributed by atoms with E-state index in [0.717, 1.165) is 40.0 Å². The zero-order valence-electron chi connectivity index (χ0n) is 12.5. The quantitative estimate of drug-likeness (QED) is 0.892. The van der Waals surface area contributed by atoms with E-state index >= 15 is 0 Å². The van der Waals surface area contributed by atoms with Gasteiger partial charge < -0.3 is 11.1 Å². The average molecular weight is 281 g/mol. The van der Waals surface area contributed by atoms with Crippen molar-refractivity contribution in [2.24, 2.45) is 17.8 Å². The van der Waals surface area contributed by atoms with E-state index < -0.39 is 0 Å². The van der Waals surface area contributed by atoms with Gasteiger partial charge in [-0.15, -0.1) is 0 Å². The monoisotopic (exact) mass is 281 g/mol. The van der Waals surface area contributed by atoms with E-state index in [2.05, 4.69) is 29.4 Å². The molecule has 0 aliphatic heterocycles. The number of anilines is 2. The number of pyridine rings is 1. The molecule has 1 heterocycles.